The fraction of sp³-hybridized carbons (Fsp3) is 0.227. The fourth-order valence-corrected chi connectivity index (χ4v) is 5.46. The van der Waals surface area contributed by atoms with Gasteiger partial charge in [0, 0.05) is 36.2 Å². The first kappa shape index (κ1) is 19.2. The first-order chi connectivity index (χ1) is 14.7. The Morgan fingerprint density at radius 3 is 2.53 bits per heavy atom. The average molecular weight is 437 g/mol. The number of ether oxygens (including phenoxy) is 1. The van der Waals surface area contributed by atoms with Crippen LogP contribution in [0.2, 0.25) is 0 Å². The van der Waals surface area contributed by atoms with Crippen LogP contribution in [-0.4, -0.2) is 42.2 Å². The van der Waals surface area contributed by atoms with Crippen LogP contribution in [-0.2, 0) is 4.74 Å². The number of nitrogens with one attached hydrogen (secondary N) is 1. The van der Waals surface area contributed by atoms with Crippen molar-refractivity contribution in [2.45, 2.75) is 6.92 Å². The van der Waals surface area contributed by atoms with E-state index in [9.17, 15) is 4.79 Å². The minimum Gasteiger partial charge on any atom is -0.378 e. The van der Waals surface area contributed by atoms with Gasteiger partial charge in [-0.25, -0.2) is 4.98 Å². The van der Waals surface area contributed by atoms with Crippen LogP contribution in [0.4, 0.5) is 10.8 Å². The van der Waals surface area contributed by atoms with Gasteiger partial charge in [-0.2, -0.15) is 0 Å². The Labute approximate surface area is 182 Å². The summed E-state index contributed by atoms with van der Waals surface area (Å²) in [6.45, 7) is 5.17. The minimum absolute atomic E-state index is 0.108. The van der Waals surface area contributed by atoms with Crippen LogP contribution >= 0.6 is 22.7 Å². The number of nitrogens with zero attached hydrogens (tertiary/aromatic N) is 3. The molecule has 1 N–H and O–H groups in total. The van der Waals surface area contributed by atoms with E-state index < -0.39 is 0 Å². The molecule has 1 aliphatic heterocycles. The number of aryl methyl sites for hydroxylation is 1. The van der Waals surface area contributed by atoms with Crippen molar-refractivity contribution < 1.29 is 9.53 Å². The van der Waals surface area contributed by atoms with E-state index in [1.54, 1.807) is 11.3 Å². The maximum absolute atomic E-state index is 12.7. The molecular formula is C22H20N4O2S2. The van der Waals surface area contributed by atoms with Gasteiger partial charge in [0.2, 0.25) is 0 Å². The van der Waals surface area contributed by atoms with Crippen LogP contribution in [0.3, 0.4) is 0 Å². The number of hydrogen-bond acceptors (Lipinski definition) is 7. The first-order valence-corrected chi connectivity index (χ1v) is 11.4. The van der Waals surface area contributed by atoms with Gasteiger partial charge in [-0.05, 0) is 36.8 Å². The lowest BCUT2D eigenvalue weighted by atomic mass is 10.1. The quantitative estimate of drug-likeness (QED) is 0.497. The van der Waals surface area contributed by atoms with E-state index in [1.807, 2.05) is 55.6 Å². The molecule has 0 bridgehead atoms. The topological polar surface area (TPSA) is 67.4 Å². The maximum Gasteiger partial charge on any atom is 0.265 e. The van der Waals surface area contributed by atoms with Crippen LogP contribution in [0.1, 0.15) is 15.4 Å². The van der Waals surface area contributed by atoms with Crippen molar-refractivity contribution >= 4 is 48.9 Å². The van der Waals surface area contributed by atoms with Gasteiger partial charge < -0.3 is 15.0 Å². The van der Waals surface area contributed by atoms with Crippen molar-refractivity contribution in [3.05, 3.63) is 59.2 Å². The SMILES string of the molecule is Cc1ccc(-c2ccc(NC(=O)c3cc4sc(N5CCOCC5)nc4s3)cc2)cn1. The summed E-state index contributed by atoms with van der Waals surface area (Å²) in [7, 11) is 0. The van der Waals surface area contributed by atoms with E-state index in [0.717, 1.165) is 63.5 Å². The van der Waals surface area contributed by atoms with Crippen LogP contribution in [0, 0.1) is 6.92 Å². The van der Waals surface area contributed by atoms with Gasteiger partial charge in [0.15, 0.2) is 5.13 Å². The van der Waals surface area contributed by atoms with Crippen LogP contribution in [0.5, 0.6) is 0 Å². The Morgan fingerprint density at radius 1 is 1.07 bits per heavy atom. The molecule has 8 heteroatoms. The van der Waals surface area contributed by atoms with E-state index in [1.165, 1.54) is 11.3 Å². The highest BCUT2D eigenvalue weighted by atomic mass is 32.1. The van der Waals surface area contributed by atoms with Crippen molar-refractivity contribution in [2.24, 2.45) is 0 Å². The molecule has 0 spiro atoms. The van der Waals surface area contributed by atoms with Gasteiger partial charge in [-0.1, -0.05) is 29.5 Å². The highest BCUT2D eigenvalue weighted by molar-refractivity contribution is 7.29. The van der Waals surface area contributed by atoms with E-state index in [0.29, 0.717) is 4.88 Å². The molecule has 1 saturated heterocycles. The molecule has 0 radical (unpaired) electrons. The third kappa shape index (κ3) is 3.94. The smallest absolute Gasteiger partial charge is 0.265 e. The van der Waals surface area contributed by atoms with Crippen molar-refractivity contribution in [3.63, 3.8) is 0 Å². The molecular weight excluding hydrogens is 416 g/mol. The molecule has 6 nitrogen and oxygen atoms in total. The zero-order chi connectivity index (χ0) is 20.5. The number of morpholine rings is 1. The fourth-order valence-electron chi connectivity index (χ4n) is 3.30. The van der Waals surface area contributed by atoms with Gasteiger partial charge in [-0.3, -0.25) is 9.78 Å². The zero-order valence-corrected chi connectivity index (χ0v) is 18.1. The lowest BCUT2D eigenvalue weighted by Crippen LogP contribution is -2.36. The lowest BCUT2D eigenvalue weighted by Gasteiger charge is -2.25. The number of hydrogen-bond donors (Lipinski definition) is 1. The number of thiophene rings is 1. The number of fused-ring (bicyclic) bond motifs is 1. The van der Waals surface area contributed by atoms with E-state index in [2.05, 4.69) is 15.2 Å². The molecule has 4 heterocycles. The van der Waals surface area contributed by atoms with E-state index in [-0.39, 0.29) is 5.91 Å². The number of aromatic nitrogens is 2. The summed E-state index contributed by atoms with van der Waals surface area (Å²) in [6, 6.07) is 13.8. The number of anilines is 2. The molecule has 3 aromatic heterocycles. The van der Waals surface area contributed by atoms with Crippen LogP contribution in [0.15, 0.2) is 48.7 Å². The summed E-state index contributed by atoms with van der Waals surface area (Å²) >= 11 is 3.06. The largest absolute Gasteiger partial charge is 0.378 e. The molecule has 1 fully saturated rings. The Morgan fingerprint density at radius 2 is 1.83 bits per heavy atom. The first-order valence-electron chi connectivity index (χ1n) is 9.73. The number of benzene rings is 1. The Hall–Kier alpha value is -2.81. The van der Waals surface area contributed by atoms with Gasteiger partial charge in [-0.15, -0.1) is 11.3 Å². The van der Waals surface area contributed by atoms with Gasteiger partial charge >= 0.3 is 0 Å². The molecule has 152 valence electrons. The van der Waals surface area contributed by atoms with Gasteiger partial charge in [0.25, 0.3) is 5.91 Å². The number of carbonyl (C=O) groups excluding carboxylic acids is 1. The molecule has 4 aromatic rings. The van der Waals surface area contributed by atoms with Crippen molar-refractivity contribution in [1.29, 1.82) is 0 Å². The van der Waals surface area contributed by atoms with Crippen molar-refractivity contribution in [2.75, 3.05) is 36.5 Å². The average Bonchev–Trinajstić information content (AvgIpc) is 3.35. The number of rotatable bonds is 4. The van der Waals surface area contributed by atoms with Crippen LogP contribution in [0.25, 0.3) is 20.7 Å². The normalized spacial score (nSPS) is 14.2. The van der Waals surface area contributed by atoms with Crippen molar-refractivity contribution in [1.82, 2.24) is 9.97 Å². The highest BCUT2D eigenvalue weighted by Gasteiger charge is 2.19. The van der Waals surface area contributed by atoms with Gasteiger partial charge in [0.1, 0.15) is 4.83 Å². The molecule has 1 amide bonds. The van der Waals surface area contributed by atoms with Crippen molar-refractivity contribution in [3.8, 4) is 11.1 Å². The van der Waals surface area contributed by atoms with E-state index in [4.69, 9.17) is 9.72 Å². The molecule has 30 heavy (non-hydrogen) atoms. The molecule has 0 atom stereocenters. The Bertz CT molecular complexity index is 1140. The molecule has 0 saturated carbocycles. The predicted octanol–water partition coefficient (Wildman–Crippen LogP) is 4.82. The Balaban J connectivity index is 1.28. The van der Waals surface area contributed by atoms with Crippen LogP contribution < -0.4 is 10.2 Å². The maximum atomic E-state index is 12.7. The second-order valence-electron chi connectivity index (χ2n) is 7.10. The van der Waals surface area contributed by atoms with E-state index >= 15 is 0 Å². The predicted molar refractivity (Wildman–Crippen MR) is 123 cm³/mol. The summed E-state index contributed by atoms with van der Waals surface area (Å²) in [5, 5.41) is 3.99. The standard InChI is InChI=1S/C22H20N4O2S2/c1-14-2-3-16(13-23-14)15-4-6-17(7-5-15)24-20(27)18-12-19-21(29-18)25-22(30-19)26-8-10-28-11-9-26/h2-7,12-13H,8-11H2,1H3,(H,24,27). The molecule has 0 aliphatic carbocycles. The number of carbonyl (C=O) groups is 1. The second kappa shape index (κ2) is 8.14. The molecule has 1 aromatic carbocycles. The summed E-state index contributed by atoms with van der Waals surface area (Å²) in [4.78, 5) is 25.6. The highest BCUT2D eigenvalue weighted by Crippen LogP contribution is 2.35. The minimum atomic E-state index is -0.108. The van der Waals surface area contributed by atoms with Gasteiger partial charge in [0.05, 0.1) is 22.8 Å². The zero-order valence-electron chi connectivity index (χ0n) is 16.4. The molecule has 0 unspecified atom stereocenters. The second-order valence-corrected chi connectivity index (χ2v) is 9.14. The summed E-state index contributed by atoms with van der Waals surface area (Å²) in [6.07, 6.45) is 1.86. The summed E-state index contributed by atoms with van der Waals surface area (Å²) < 4.78 is 6.45. The third-order valence-electron chi connectivity index (χ3n) is 4.97. The molecule has 5 rings (SSSR count). The summed E-state index contributed by atoms with van der Waals surface area (Å²) in [5.74, 6) is -0.108. The monoisotopic (exact) mass is 436 g/mol. The lowest BCUT2D eigenvalue weighted by molar-refractivity contribution is 0.103. The Kier molecular flexibility index (Phi) is 5.20. The molecule has 1 aliphatic rings. The number of thiazole rings is 1. The number of pyridine rings is 1. The number of amides is 1. The summed E-state index contributed by atoms with van der Waals surface area (Å²) in [5.41, 5.74) is 3.88. The third-order valence-corrected chi connectivity index (χ3v) is 7.19.